The molecule has 1 atom stereocenters. The molecule has 1 aromatic carbocycles. The number of carbonyl (C=O) groups excluding carboxylic acids is 2. The smallest absolute Gasteiger partial charge is 0.240 e. The number of nitrogens with one attached hydrogen (secondary N) is 2. The monoisotopic (exact) mass is 375 g/mol. The van der Waals surface area contributed by atoms with Crippen molar-refractivity contribution in [3.05, 3.63) is 34.3 Å². The highest BCUT2D eigenvalue weighted by atomic mass is 79.9. The molecule has 1 heterocycles. The molecule has 1 unspecified atom stereocenters. The third-order valence-corrected chi connectivity index (χ3v) is 3.81. The van der Waals surface area contributed by atoms with Crippen LogP contribution in [0.15, 0.2) is 28.7 Å². The van der Waals surface area contributed by atoms with Crippen LogP contribution >= 0.6 is 28.3 Å². The van der Waals surface area contributed by atoms with Crippen LogP contribution in [-0.4, -0.2) is 42.9 Å². The van der Waals surface area contributed by atoms with Crippen LogP contribution in [0.4, 0.5) is 0 Å². The van der Waals surface area contributed by atoms with Gasteiger partial charge in [0.25, 0.3) is 0 Å². The van der Waals surface area contributed by atoms with Crippen molar-refractivity contribution in [2.24, 2.45) is 0 Å². The summed E-state index contributed by atoms with van der Waals surface area (Å²) in [7, 11) is 1.58. The summed E-state index contributed by atoms with van der Waals surface area (Å²) in [5.74, 6) is -0.139. The minimum atomic E-state index is -0.421. The van der Waals surface area contributed by atoms with Crippen molar-refractivity contribution in [3.63, 3.8) is 0 Å². The van der Waals surface area contributed by atoms with Crippen LogP contribution in [0.25, 0.3) is 0 Å². The zero-order valence-electron chi connectivity index (χ0n) is 11.8. The van der Waals surface area contributed by atoms with E-state index in [0.29, 0.717) is 19.6 Å². The maximum absolute atomic E-state index is 12.3. The minimum absolute atomic E-state index is 0. The van der Waals surface area contributed by atoms with E-state index < -0.39 is 6.04 Å². The number of amides is 2. The molecular formula is C14H19BrClN3O2. The number of benzene rings is 1. The Kier molecular flexibility index (Phi) is 7.14. The summed E-state index contributed by atoms with van der Waals surface area (Å²) < 4.78 is 1.000. The van der Waals surface area contributed by atoms with E-state index in [2.05, 4.69) is 26.6 Å². The second-order valence-corrected chi connectivity index (χ2v) is 5.69. The summed E-state index contributed by atoms with van der Waals surface area (Å²) in [6.07, 6.45) is 0.185. The first kappa shape index (κ1) is 17.9. The van der Waals surface area contributed by atoms with Crippen molar-refractivity contribution in [1.29, 1.82) is 0 Å². The second kappa shape index (κ2) is 8.36. The molecule has 5 nitrogen and oxygen atoms in total. The number of carbonyl (C=O) groups is 2. The van der Waals surface area contributed by atoms with Crippen molar-refractivity contribution >= 4 is 40.2 Å². The van der Waals surface area contributed by atoms with Gasteiger partial charge in [-0.25, -0.2) is 0 Å². The van der Waals surface area contributed by atoms with Gasteiger partial charge in [0.05, 0.1) is 12.5 Å². The van der Waals surface area contributed by atoms with E-state index in [-0.39, 0.29) is 30.6 Å². The third kappa shape index (κ3) is 4.98. The first-order chi connectivity index (χ1) is 9.60. The largest absolute Gasteiger partial charge is 0.359 e. The third-order valence-electron chi connectivity index (χ3n) is 3.31. The molecular weight excluding hydrogens is 358 g/mol. The number of nitrogens with zero attached hydrogens (tertiary/aromatic N) is 1. The maximum atomic E-state index is 12.3. The Morgan fingerprint density at radius 1 is 1.52 bits per heavy atom. The highest BCUT2D eigenvalue weighted by Crippen LogP contribution is 2.15. The van der Waals surface area contributed by atoms with Gasteiger partial charge in [0.1, 0.15) is 0 Å². The van der Waals surface area contributed by atoms with Gasteiger partial charge in [0.15, 0.2) is 0 Å². The molecule has 2 N–H and O–H groups in total. The molecule has 1 aliphatic rings. The van der Waals surface area contributed by atoms with Crippen molar-refractivity contribution < 1.29 is 9.59 Å². The Morgan fingerprint density at radius 3 is 2.95 bits per heavy atom. The number of rotatable bonds is 4. The molecule has 0 aliphatic carbocycles. The lowest BCUT2D eigenvalue weighted by Crippen LogP contribution is -2.55. The molecule has 2 rings (SSSR count). The first-order valence-corrected chi connectivity index (χ1v) is 7.36. The van der Waals surface area contributed by atoms with E-state index in [0.717, 1.165) is 10.0 Å². The number of halogens is 2. The van der Waals surface area contributed by atoms with Gasteiger partial charge < -0.3 is 15.5 Å². The number of hydrogen-bond donors (Lipinski definition) is 2. The summed E-state index contributed by atoms with van der Waals surface area (Å²) in [4.78, 5) is 25.5. The fraction of sp³-hybridized carbons (Fsp3) is 0.429. The molecule has 0 saturated carbocycles. The lowest BCUT2D eigenvalue weighted by Gasteiger charge is -2.33. The van der Waals surface area contributed by atoms with Gasteiger partial charge in [0.2, 0.25) is 11.8 Å². The molecule has 1 aliphatic heterocycles. The van der Waals surface area contributed by atoms with Gasteiger partial charge in [-0.15, -0.1) is 12.4 Å². The molecule has 116 valence electrons. The zero-order chi connectivity index (χ0) is 14.5. The average molecular weight is 377 g/mol. The minimum Gasteiger partial charge on any atom is -0.359 e. The normalized spacial score (nSPS) is 18.1. The molecule has 1 fully saturated rings. The molecule has 0 bridgehead atoms. The molecule has 7 heteroatoms. The van der Waals surface area contributed by atoms with Gasteiger partial charge in [-0.3, -0.25) is 9.59 Å². The molecule has 2 amide bonds. The summed E-state index contributed by atoms with van der Waals surface area (Å²) in [5.41, 5.74) is 1.08. The Hall–Kier alpha value is -1.11. The Morgan fingerprint density at radius 2 is 2.29 bits per heavy atom. The Balaban J connectivity index is 0.00000220. The standard InChI is InChI=1S/C14H18BrN3O2.ClH/c1-16-13(19)8-12-14(20)18(6-5-17-12)9-10-3-2-4-11(15)7-10;/h2-4,7,12,17H,5-6,8-9H2,1H3,(H,16,19);1H. The Labute approximate surface area is 139 Å². The lowest BCUT2D eigenvalue weighted by molar-refractivity contribution is -0.138. The first-order valence-electron chi connectivity index (χ1n) is 6.57. The number of piperazine rings is 1. The molecule has 0 aromatic heterocycles. The second-order valence-electron chi connectivity index (χ2n) is 4.77. The zero-order valence-corrected chi connectivity index (χ0v) is 14.2. The van der Waals surface area contributed by atoms with Gasteiger partial charge >= 0.3 is 0 Å². The molecule has 21 heavy (non-hydrogen) atoms. The SMILES string of the molecule is CNC(=O)CC1NCCN(Cc2cccc(Br)c2)C1=O.Cl. The van der Waals surface area contributed by atoms with Crippen molar-refractivity contribution in [2.75, 3.05) is 20.1 Å². The van der Waals surface area contributed by atoms with Gasteiger partial charge in [-0.05, 0) is 17.7 Å². The van der Waals surface area contributed by atoms with Crippen LogP contribution < -0.4 is 10.6 Å². The van der Waals surface area contributed by atoms with Crippen molar-refractivity contribution in [3.8, 4) is 0 Å². The highest BCUT2D eigenvalue weighted by Gasteiger charge is 2.29. The number of hydrogen-bond acceptors (Lipinski definition) is 3. The van der Waals surface area contributed by atoms with Crippen LogP contribution in [-0.2, 0) is 16.1 Å². The van der Waals surface area contributed by atoms with Crippen LogP contribution in [0.1, 0.15) is 12.0 Å². The summed E-state index contributed by atoms with van der Waals surface area (Å²) in [6, 6.07) is 7.48. The fourth-order valence-electron chi connectivity index (χ4n) is 2.25. The van der Waals surface area contributed by atoms with E-state index in [4.69, 9.17) is 0 Å². The van der Waals surface area contributed by atoms with Gasteiger partial charge in [-0.1, -0.05) is 28.1 Å². The van der Waals surface area contributed by atoms with E-state index in [1.165, 1.54) is 0 Å². The summed E-state index contributed by atoms with van der Waals surface area (Å²) in [5, 5.41) is 5.65. The summed E-state index contributed by atoms with van der Waals surface area (Å²) in [6.45, 7) is 1.95. The van der Waals surface area contributed by atoms with Crippen LogP contribution in [0, 0.1) is 0 Å². The molecule has 1 aromatic rings. The van der Waals surface area contributed by atoms with Crippen LogP contribution in [0.5, 0.6) is 0 Å². The van der Waals surface area contributed by atoms with Gasteiger partial charge in [0, 0.05) is 31.2 Å². The lowest BCUT2D eigenvalue weighted by atomic mass is 10.1. The molecule has 0 radical (unpaired) electrons. The van der Waals surface area contributed by atoms with E-state index in [1.807, 2.05) is 24.3 Å². The van der Waals surface area contributed by atoms with Crippen molar-refractivity contribution in [1.82, 2.24) is 15.5 Å². The van der Waals surface area contributed by atoms with Crippen molar-refractivity contribution in [2.45, 2.75) is 19.0 Å². The van der Waals surface area contributed by atoms with Gasteiger partial charge in [-0.2, -0.15) is 0 Å². The molecule has 0 spiro atoms. The van der Waals surface area contributed by atoms with E-state index >= 15 is 0 Å². The van der Waals surface area contributed by atoms with Crippen LogP contribution in [0.3, 0.4) is 0 Å². The predicted molar refractivity (Wildman–Crippen MR) is 87.3 cm³/mol. The predicted octanol–water partition coefficient (Wildman–Crippen LogP) is 1.31. The quantitative estimate of drug-likeness (QED) is 0.833. The van der Waals surface area contributed by atoms with E-state index in [1.54, 1.807) is 11.9 Å². The average Bonchev–Trinajstić information content (AvgIpc) is 2.43. The highest BCUT2D eigenvalue weighted by molar-refractivity contribution is 9.10. The van der Waals surface area contributed by atoms with Crippen LogP contribution in [0.2, 0.25) is 0 Å². The Bertz CT molecular complexity index is 513. The topological polar surface area (TPSA) is 61.4 Å². The summed E-state index contributed by atoms with van der Waals surface area (Å²) >= 11 is 3.43. The molecule has 1 saturated heterocycles. The maximum Gasteiger partial charge on any atom is 0.240 e. The van der Waals surface area contributed by atoms with E-state index in [9.17, 15) is 9.59 Å². The fourth-order valence-corrected chi connectivity index (χ4v) is 2.70.